The molecule has 0 heterocycles. The SMILES string of the molecule is CCCCS(=O)(=O)C(C)C(=O)Nc1c(Cl)cc(N)cc1Cl. The Morgan fingerprint density at radius 1 is 1.33 bits per heavy atom. The third-order valence-corrected chi connectivity index (χ3v) is 5.75. The number of amides is 1. The summed E-state index contributed by atoms with van der Waals surface area (Å²) in [7, 11) is -3.50. The fourth-order valence-electron chi connectivity index (χ4n) is 1.62. The highest BCUT2D eigenvalue weighted by molar-refractivity contribution is 7.92. The quantitative estimate of drug-likeness (QED) is 0.769. The lowest BCUT2D eigenvalue weighted by atomic mass is 10.2. The summed E-state index contributed by atoms with van der Waals surface area (Å²) in [4.78, 5) is 12.1. The van der Waals surface area contributed by atoms with Gasteiger partial charge in [-0.3, -0.25) is 4.79 Å². The summed E-state index contributed by atoms with van der Waals surface area (Å²) in [6.07, 6.45) is 1.26. The topological polar surface area (TPSA) is 89.3 Å². The van der Waals surface area contributed by atoms with Crippen LogP contribution in [-0.4, -0.2) is 25.3 Å². The Morgan fingerprint density at radius 3 is 2.33 bits per heavy atom. The van der Waals surface area contributed by atoms with Gasteiger partial charge in [0.25, 0.3) is 0 Å². The van der Waals surface area contributed by atoms with Gasteiger partial charge in [-0.2, -0.15) is 0 Å². The highest BCUT2D eigenvalue weighted by Crippen LogP contribution is 2.33. The number of unbranched alkanes of at least 4 members (excludes halogenated alkanes) is 1. The molecule has 0 radical (unpaired) electrons. The lowest BCUT2D eigenvalue weighted by Gasteiger charge is -2.15. The number of carbonyl (C=O) groups is 1. The highest BCUT2D eigenvalue weighted by Gasteiger charge is 2.28. The number of nitrogens with two attached hydrogens (primary N) is 1. The molecule has 0 aliphatic rings. The molecule has 118 valence electrons. The van der Waals surface area contributed by atoms with Gasteiger partial charge in [0.05, 0.1) is 21.5 Å². The first-order chi connectivity index (χ1) is 9.69. The Hall–Kier alpha value is -0.980. The van der Waals surface area contributed by atoms with Gasteiger partial charge in [0, 0.05) is 5.69 Å². The maximum Gasteiger partial charge on any atom is 0.242 e. The minimum atomic E-state index is -3.50. The third-order valence-electron chi connectivity index (χ3n) is 3.00. The van der Waals surface area contributed by atoms with E-state index in [0.29, 0.717) is 12.1 Å². The fraction of sp³-hybridized carbons (Fsp3) is 0.462. The molecule has 1 rings (SSSR count). The van der Waals surface area contributed by atoms with Gasteiger partial charge in [-0.15, -0.1) is 0 Å². The molecule has 1 aromatic rings. The van der Waals surface area contributed by atoms with E-state index in [1.807, 2.05) is 6.92 Å². The van der Waals surface area contributed by atoms with E-state index >= 15 is 0 Å². The number of hydrogen-bond acceptors (Lipinski definition) is 4. The Balaban J connectivity index is 2.92. The molecule has 21 heavy (non-hydrogen) atoms. The van der Waals surface area contributed by atoms with Gasteiger partial charge in [0.15, 0.2) is 9.84 Å². The number of nitrogen functional groups attached to an aromatic ring is 1. The number of rotatable bonds is 6. The molecule has 0 aliphatic carbocycles. The maximum atomic E-state index is 12.1. The minimum Gasteiger partial charge on any atom is -0.399 e. The van der Waals surface area contributed by atoms with Crippen LogP contribution in [0.1, 0.15) is 26.7 Å². The van der Waals surface area contributed by atoms with E-state index in [4.69, 9.17) is 28.9 Å². The highest BCUT2D eigenvalue weighted by atomic mass is 35.5. The molecular weight excluding hydrogens is 335 g/mol. The van der Waals surface area contributed by atoms with Gasteiger partial charge in [0.2, 0.25) is 5.91 Å². The molecule has 0 aromatic heterocycles. The predicted octanol–water partition coefficient (Wildman–Crippen LogP) is 3.12. The number of halogens is 2. The van der Waals surface area contributed by atoms with E-state index < -0.39 is 21.0 Å². The Labute approximate surface area is 134 Å². The summed E-state index contributed by atoms with van der Waals surface area (Å²) in [5.41, 5.74) is 6.08. The molecule has 1 aromatic carbocycles. The molecule has 5 nitrogen and oxygen atoms in total. The van der Waals surface area contributed by atoms with E-state index in [1.54, 1.807) is 0 Å². The van der Waals surface area contributed by atoms with Crippen LogP contribution in [0.5, 0.6) is 0 Å². The third kappa shape index (κ3) is 4.76. The first kappa shape index (κ1) is 18.1. The van der Waals surface area contributed by atoms with Gasteiger partial charge in [-0.25, -0.2) is 8.42 Å². The van der Waals surface area contributed by atoms with Gasteiger partial charge in [-0.05, 0) is 25.5 Å². The van der Waals surface area contributed by atoms with E-state index in [0.717, 1.165) is 6.42 Å². The molecule has 1 atom stereocenters. The largest absolute Gasteiger partial charge is 0.399 e. The zero-order chi connectivity index (χ0) is 16.2. The summed E-state index contributed by atoms with van der Waals surface area (Å²) < 4.78 is 24.0. The van der Waals surface area contributed by atoms with E-state index in [9.17, 15) is 13.2 Å². The lowest BCUT2D eigenvalue weighted by Crippen LogP contribution is -2.34. The van der Waals surface area contributed by atoms with E-state index in [1.165, 1.54) is 19.1 Å². The second kappa shape index (κ2) is 7.33. The summed E-state index contributed by atoms with van der Waals surface area (Å²) in [6, 6.07) is 2.86. The number of anilines is 2. The standard InChI is InChI=1S/C13H18Cl2N2O3S/c1-3-4-5-21(19,20)8(2)13(18)17-12-10(14)6-9(16)7-11(12)15/h6-8H,3-5,16H2,1-2H3,(H,17,18). The zero-order valence-electron chi connectivity index (χ0n) is 11.8. The molecule has 0 bridgehead atoms. The van der Waals surface area contributed by atoms with Gasteiger partial charge < -0.3 is 11.1 Å². The summed E-state index contributed by atoms with van der Waals surface area (Å²) in [6.45, 7) is 3.23. The fourth-order valence-corrected chi connectivity index (χ4v) is 3.65. The minimum absolute atomic E-state index is 0.0265. The van der Waals surface area contributed by atoms with Crippen molar-refractivity contribution >= 4 is 50.3 Å². The van der Waals surface area contributed by atoms with E-state index in [-0.39, 0.29) is 21.5 Å². The number of sulfone groups is 1. The molecule has 1 unspecified atom stereocenters. The molecule has 8 heteroatoms. The van der Waals surface area contributed by atoms with Crippen molar-refractivity contribution in [3.8, 4) is 0 Å². The van der Waals surface area contributed by atoms with Gasteiger partial charge in [-0.1, -0.05) is 36.5 Å². The van der Waals surface area contributed by atoms with Crippen molar-refractivity contribution in [1.82, 2.24) is 0 Å². The van der Waals surface area contributed by atoms with Crippen LogP contribution in [0.2, 0.25) is 10.0 Å². The first-order valence-corrected chi connectivity index (χ1v) is 8.93. The average molecular weight is 353 g/mol. The molecule has 0 fully saturated rings. The first-order valence-electron chi connectivity index (χ1n) is 6.46. The van der Waals surface area contributed by atoms with Gasteiger partial charge in [0.1, 0.15) is 5.25 Å². The summed E-state index contributed by atoms with van der Waals surface area (Å²) in [5, 5.41) is 1.60. The second-order valence-electron chi connectivity index (χ2n) is 4.71. The normalized spacial score (nSPS) is 13.0. The number of carbonyl (C=O) groups excluding carboxylic acids is 1. The van der Waals surface area contributed by atoms with Crippen LogP contribution >= 0.6 is 23.2 Å². The van der Waals surface area contributed by atoms with Crippen molar-refractivity contribution in [2.24, 2.45) is 0 Å². The van der Waals surface area contributed by atoms with Crippen molar-refractivity contribution in [2.75, 3.05) is 16.8 Å². The van der Waals surface area contributed by atoms with Crippen LogP contribution in [0, 0.1) is 0 Å². The summed E-state index contributed by atoms with van der Waals surface area (Å²) in [5.74, 6) is -0.693. The Morgan fingerprint density at radius 2 is 1.86 bits per heavy atom. The monoisotopic (exact) mass is 352 g/mol. The molecule has 0 saturated carbocycles. The van der Waals surface area contributed by atoms with Crippen LogP contribution in [0.15, 0.2) is 12.1 Å². The second-order valence-corrected chi connectivity index (χ2v) is 7.97. The number of hydrogen-bond donors (Lipinski definition) is 2. The van der Waals surface area contributed by atoms with Crippen molar-refractivity contribution in [1.29, 1.82) is 0 Å². The van der Waals surface area contributed by atoms with Crippen LogP contribution < -0.4 is 11.1 Å². The van der Waals surface area contributed by atoms with Crippen molar-refractivity contribution < 1.29 is 13.2 Å². The van der Waals surface area contributed by atoms with Crippen molar-refractivity contribution in [3.63, 3.8) is 0 Å². The molecular formula is C13H18Cl2N2O3S. The summed E-state index contributed by atoms with van der Waals surface area (Å²) >= 11 is 11.9. The number of nitrogens with one attached hydrogen (secondary N) is 1. The van der Waals surface area contributed by atoms with Crippen LogP contribution in [0.3, 0.4) is 0 Å². The molecule has 1 amide bonds. The predicted molar refractivity (Wildman–Crippen MR) is 87.7 cm³/mol. The van der Waals surface area contributed by atoms with Crippen molar-refractivity contribution in [2.45, 2.75) is 31.9 Å². The van der Waals surface area contributed by atoms with Crippen molar-refractivity contribution in [3.05, 3.63) is 22.2 Å². The lowest BCUT2D eigenvalue weighted by molar-refractivity contribution is -0.115. The van der Waals surface area contributed by atoms with E-state index in [2.05, 4.69) is 5.32 Å². The Kier molecular flexibility index (Phi) is 6.31. The number of benzene rings is 1. The Bertz CT molecular complexity index is 609. The smallest absolute Gasteiger partial charge is 0.242 e. The maximum absolute atomic E-state index is 12.1. The molecule has 0 aliphatic heterocycles. The van der Waals surface area contributed by atoms with Crippen LogP contribution in [0.25, 0.3) is 0 Å². The van der Waals surface area contributed by atoms with Gasteiger partial charge >= 0.3 is 0 Å². The van der Waals surface area contributed by atoms with Crippen LogP contribution in [0.4, 0.5) is 11.4 Å². The molecule has 0 spiro atoms. The van der Waals surface area contributed by atoms with Crippen LogP contribution in [-0.2, 0) is 14.6 Å². The average Bonchev–Trinajstić information content (AvgIpc) is 2.39. The molecule has 0 saturated heterocycles. The molecule has 3 N–H and O–H groups in total. The zero-order valence-corrected chi connectivity index (χ0v) is 14.1.